The van der Waals surface area contributed by atoms with Gasteiger partial charge >= 0.3 is 0 Å². The molecule has 0 aromatic rings. The van der Waals surface area contributed by atoms with Crippen LogP contribution in [-0.2, 0) is 4.79 Å². The Morgan fingerprint density at radius 3 is 1.64 bits per heavy atom. The molecule has 1 fully saturated rings. The third kappa shape index (κ3) is 6.05. The van der Waals surface area contributed by atoms with Gasteiger partial charge in [-0.2, -0.15) is 0 Å². The van der Waals surface area contributed by atoms with Crippen LogP contribution in [0, 0.1) is 0 Å². The molecule has 2 heteroatoms. The number of nitrogens with one attached hydrogen (secondary N) is 1. The molecule has 1 N–H and O–H groups in total. The van der Waals surface area contributed by atoms with E-state index in [1.54, 1.807) is 6.92 Å². The van der Waals surface area contributed by atoms with Gasteiger partial charge < -0.3 is 5.32 Å². The van der Waals surface area contributed by atoms with Crippen molar-refractivity contribution in [3.63, 3.8) is 0 Å². The summed E-state index contributed by atoms with van der Waals surface area (Å²) >= 11 is 0. The van der Waals surface area contributed by atoms with E-state index < -0.39 is 0 Å². The zero-order chi connectivity index (χ0) is 9.28. The van der Waals surface area contributed by atoms with Crippen molar-refractivity contribution in [2.75, 3.05) is 6.54 Å². The van der Waals surface area contributed by atoms with Crippen molar-refractivity contribution >= 4 is 5.78 Å². The predicted octanol–water partition coefficient (Wildman–Crippen LogP) is 1.99. The van der Waals surface area contributed by atoms with Gasteiger partial charge in [-0.1, -0.05) is 27.7 Å². The van der Waals surface area contributed by atoms with Gasteiger partial charge in [0, 0.05) is 0 Å². The first kappa shape index (κ1) is 13.2. The van der Waals surface area contributed by atoms with Crippen LogP contribution < -0.4 is 5.32 Å². The first-order chi connectivity index (χ1) is 5.30. The van der Waals surface area contributed by atoms with Gasteiger partial charge in [-0.25, -0.2) is 0 Å². The molecule has 1 saturated heterocycles. The van der Waals surface area contributed by atoms with E-state index in [9.17, 15) is 4.79 Å². The summed E-state index contributed by atoms with van der Waals surface area (Å²) in [5.41, 5.74) is 0. The Kier molecular flexibility index (Phi) is 11.6. The van der Waals surface area contributed by atoms with Crippen molar-refractivity contribution in [3.8, 4) is 0 Å². The van der Waals surface area contributed by atoms with Crippen LogP contribution in [-0.4, -0.2) is 18.4 Å². The second kappa shape index (κ2) is 9.63. The molecule has 0 amide bonds. The van der Waals surface area contributed by atoms with Crippen molar-refractivity contribution in [2.24, 2.45) is 0 Å². The van der Waals surface area contributed by atoms with E-state index in [1.165, 1.54) is 0 Å². The molecule has 1 heterocycles. The molecule has 0 saturated carbocycles. The molecular formula is C9H21NO. The molecule has 0 bridgehead atoms. The molecule has 1 rings (SSSR count). The minimum atomic E-state index is 0.194. The topological polar surface area (TPSA) is 29.1 Å². The number of ketones is 1. The van der Waals surface area contributed by atoms with Gasteiger partial charge in [0.1, 0.15) is 5.78 Å². The second-order valence-corrected chi connectivity index (χ2v) is 1.91. The average molecular weight is 159 g/mol. The minimum Gasteiger partial charge on any atom is -0.307 e. The molecular weight excluding hydrogens is 138 g/mol. The Bertz CT molecular complexity index is 87.6. The fourth-order valence-corrected chi connectivity index (χ4v) is 0.636. The van der Waals surface area contributed by atoms with E-state index in [-0.39, 0.29) is 11.8 Å². The summed E-state index contributed by atoms with van der Waals surface area (Å²) in [6.07, 6.45) is 1.04. The summed E-state index contributed by atoms with van der Waals surface area (Å²) in [5, 5.41) is 3.00. The SMILES string of the molecule is CC.CC.CC(=O)[C@H]1CCN1. The van der Waals surface area contributed by atoms with Crippen molar-refractivity contribution in [1.29, 1.82) is 0 Å². The second-order valence-electron chi connectivity index (χ2n) is 1.91. The largest absolute Gasteiger partial charge is 0.307 e. The van der Waals surface area contributed by atoms with Crippen LogP contribution in [0.15, 0.2) is 0 Å². The number of hydrogen-bond acceptors (Lipinski definition) is 2. The van der Waals surface area contributed by atoms with Crippen LogP contribution in [0.1, 0.15) is 41.0 Å². The highest BCUT2D eigenvalue weighted by molar-refractivity contribution is 5.82. The highest BCUT2D eigenvalue weighted by atomic mass is 16.1. The predicted molar refractivity (Wildman–Crippen MR) is 49.8 cm³/mol. The average Bonchev–Trinajstić information content (AvgIpc) is 1.92. The number of rotatable bonds is 1. The van der Waals surface area contributed by atoms with E-state index >= 15 is 0 Å². The van der Waals surface area contributed by atoms with Gasteiger partial charge in [-0.05, 0) is 19.9 Å². The Labute approximate surface area is 70.4 Å². The molecule has 0 unspecified atom stereocenters. The van der Waals surface area contributed by atoms with Gasteiger partial charge in [0.25, 0.3) is 0 Å². The van der Waals surface area contributed by atoms with Crippen LogP contribution in [0.2, 0.25) is 0 Å². The third-order valence-electron chi connectivity index (χ3n) is 1.31. The lowest BCUT2D eigenvalue weighted by molar-refractivity contribution is -0.120. The zero-order valence-electron chi connectivity index (χ0n) is 8.40. The summed E-state index contributed by atoms with van der Waals surface area (Å²) < 4.78 is 0. The third-order valence-corrected chi connectivity index (χ3v) is 1.31. The van der Waals surface area contributed by atoms with Crippen molar-refractivity contribution in [3.05, 3.63) is 0 Å². The number of hydrogen-bond donors (Lipinski definition) is 1. The van der Waals surface area contributed by atoms with E-state index in [0.29, 0.717) is 0 Å². The molecule has 0 spiro atoms. The van der Waals surface area contributed by atoms with Crippen LogP contribution in [0.4, 0.5) is 0 Å². The molecule has 1 atom stereocenters. The Morgan fingerprint density at radius 2 is 1.64 bits per heavy atom. The summed E-state index contributed by atoms with van der Waals surface area (Å²) in [6.45, 7) is 10.6. The molecule has 0 aliphatic carbocycles. The van der Waals surface area contributed by atoms with Gasteiger partial charge in [-0.15, -0.1) is 0 Å². The van der Waals surface area contributed by atoms with Crippen LogP contribution in [0.5, 0.6) is 0 Å². The fraction of sp³-hybridized carbons (Fsp3) is 0.889. The summed E-state index contributed by atoms with van der Waals surface area (Å²) in [4.78, 5) is 10.4. The minimum absolute atomic E-state index is 0.194. The normalized spacial score (nSPS) is 19.5. The molecule has 0 aromatic carbocycles. The maximum Gasteiger partial charge on any atom is 0.146 e. The van der Waals surface area contributed by atoms with Gasteiger partial charge in [0.15, 0.2) is 0 Å². The maximum absolute atomic E-state index is 10.4. The highest BCUT2D eigenvalue weighted by Crippen LogP contribution is 2.00. The number of carbonyl (C=O) groups is 1. The van der Waals surface area contributed by atoms with Crippen molar-refractivity contribution in [2.45, 2.75) is 47.1 Å². The molecule has 2 nitrogen and oxygen atoms in total. The smallest absolute Gasteiger partial charge is 0.146 e. The Hall–Kier alpha value is -0.370. The zero-order valence-corrected chi connectivity index (χ0v) is 8.40. The van der Waals surface area contributed by atoms with Gasteiger partial charge in [-0.3, -0.25) is 4.79 Å². The summed E-state index contributed by atoms with van der Waals surface area (Å²) in [6, 6.07) is 0.194. The standard InChI is InChI=1S/C5H9NO.2C2H6/c1-4(7)5-2-3-6-5;2*1-2/h5-6H,2-3H2,1H3;2*1-2H3/t5-;;/m1../s1. The van der Waals surface area contributed by atoms with E-state index in [0.717, 1.165) is 13.0 Å². The lowest BCUT2D eigenvalue weighted by atomic mass is 10.0. The Morgan fingerprint density at radius 1 is 1.27 bits per heavy atom. The van der Waals surface area contributed by atoms with E-state index in [4.69, 9.17) is 0 Å². The molecule has 68 valence electrons. The first-order valence-corrected chi connectivity index (χ1v) is 4.54. The number of Topliss-reactive ketones (excluding diaryl/α,β-unsaturated/α-hetero) is 1. The summed E-state index contributed by atoms with van der Waals surface area (Å²) in [5.74, 6) is 0.270. The molecule has 1 aliphatic heterocycles. The highest BCUT2D eigenvalue weighted by Gasteiger charge is 2.19. The lowest BCUT2D eigenvalue weighted by Gasteiger charge is -2.24. The number of carbonyl (C=O) groups excluding carboxylic acids is 1. The van der Waals surface area contributed by atoms with Gasteiger partial charge in [0.2, 0.25) is 0 Å². The lowest BCUT2D eigenvalue weighted by Crippen LogP contribution is -2.47. The molecule has 1 aliphatic rings. The van der Waals surface area contributed by atoms with Crippen LogP contribution in [0.3, 0.4) is 0 Å². The maximum atomic E-state index is 10.4. The van der Waals surface area contributed by atoms with Crippen molar-refractivity contribution < 1.29 is 4.79 Å². The van der Waals surface area contributed by atoms with E-state index in [1.807, 2.05) is 27.7 Å². The molecule has 0 radical (unpaired) electrons. The quantitative estimate of drug-likeness (QED) is 0.634. The molecule has 11 heavy (non-hydrogen) atoms. The fourth-order valence-electron chi connectivity index (χ4n) is 0.636. The van der Waals surface area contributed by atoms with Crippen LogP contribution in [0.25, 0.3) is 0 Å². The summed E-state index contributed by atoms with van der Waals surface area (Å²) in [7, 11) is 0. The first-order valence-electron chi connectivity index (χ1n) is 4.54. The van der Waals surface area contributed by atoms with E-state index in [2.05, 4.69) is 5.32 Å². The van der Waals surface area contributed by atoms with Gasteiger partial charge in [0.05, 0.1) is 6.04 Å². The Balaban J connectivity index is 0. The van der Waals surface area contributed by atoms with Crippen molar-refractivity contribution in [1.82, 2.24) is 5.32 Å². The monoisotopic (exact) mass is 159 g/mol. The van der Waals surface area contributed by atoms with Crippen LogP contribution >= 0.6 is 0 Å². The molecule has 0 aromatic heterocycles.